The summed E-state index contributed by atoms with van der Waals surface area (Å²) in [6.07, 6.45) is 0.958. The molecule has 8 aliphatic rings. The van der Waals surface area contributed by atoms with E-state index in [1.54, 1.807) is 89.1 Å². The third-order valence-corrected chi connectivity index (χ3v) is 39.6. The molecule has 0 aliphatic carbocycles. The van der Waals surface area contributed by atoms with E-state index in [-0.39, 0.29) is 95.5 Å². The number of carbonyl (C=O) groups is 5. The fourth-order valence-corrected chi connectivity index (χ4v) is 24.2. The molecule has 0 saturated heterocycles. The van der Waals surface area contributed by atoms with E-state index in [1.807, 2.05) is 43.5 Å². The highest BCUT2D eigenvalue weighted by Gasteiger charge is 2.53. The van der Waals surface area contributed by atoms with Crippen LogP contribution in [0, 0.1) is 13.8 Å². The molecule has 28 heteroatoms. The van der Waals surface area contributed by atoms with Crippen LogP contribution in [0.2, 0.25) is 36.3 Å². The van der Waals surface area contributed by atoms with Gasteiger partial charge in [0.1, 0.15) is 37.9 Å². The van der Waals surface area contributed by atoms with Gasteiger partial charge in [0.25, 0.3) is 22.2 Å². The minimum atomic E-state index is -2.15. The Labute approximate surface area is 721 Å². The molecule has 644 valence electrons. The maximum Gasteiger partial charge on any atom is 0.355 e. The summed E-state index contributed by atoms with van der Waals surface area (Å²) in [5, 5.41) is 48.6. The molecule has 12 aromatic rings. The second-order valence-corrected chi connectivity index (χ2v) is 48.1. The van der Waals surface area contributed by atoms with Gasteiger partial charge >= 0.3 is 29.8 Å². The monoisotopic (exact) mass is 1720 g/mol. The molecule has 4 aromatic carbocycles. The number of ether oxygens (including phenoxy) is 5. The number of phenols is 2. The highest BCUT2D eigenvalue weighted by molar-refractivity contribution is 6.94. The predicted molar refractivity (Wildman–Crippen MR) is 478 cm³/mol. The number of hydrogen-bond acceptors (Lipinski definition) is 22. The van der Waals surface area contributed by atoms with Crippen molar-refractivity contribution in [2.24, 2.45) is 0 Å². The Morgan fingerprint density at radius 3 is 1.23 bits per heavy atom. The molecule has 20 rings (SSSR count). The second kappa shape index (κ2) is 29.4. The van der Waals surface area contributed by atoms with Gasteiger partial charge in [0.05, 0.1) is 138 Å². The Hall–Kier alpha value is -12.4. The van der Waals surface area contributed by atoms with Crippen molar-refractivity contribution < 1.29 is 68.1 Å². The number of aryl methyl sites for hydroxylation is 2. The van der Waals surface area contributed by atoms with Crippen LogP contribution in [-0.2, 0) is 122 Å². The van der Waals surface area contributed by atoms with Crippen LogP contribution in [0.15, 0.2) is 128 Å². The zero-order valence-corrected chi connectivity index (χ0v) is 75.5. The molecule has 125 heavy (non-hydrogen) atoms. The largest absolute Gasteiger partial charge is 0.508 e. The lowest BCUT2D eigenvalue weighted by atomic mass is 9.76. The number of aliphatic hydroxyl groups is 2. The number of cyclic esters (lactones) is 4. The molecule has 0 saturated carbocycles. The fourth-order valence-electron chi connectivity index (χ4n) is 19.1. The molecular formula is C97H100N8O18Si2. The lowest BCUT2D eigenvalue weighted by Crippen LogP contribution is -2.51. The van der Waals surface area contributed by atoms with E-state index in [0.29, 0.717) is 111 Å². The van der Waals surface area contributed by atoms with E-state index < -0.39 is 62.2 Å². The zero-order chi connectivity index (χ0) is 89.7. The molecule has 0 bridgehead atoms. The standard InChI is InChI=1S/C28H34N2O3Si.C26H30N2O5Si.C23H20N2O5.C20H16N2O5/c1-9-28(6)20-13-22-23-18(14-30(22)25(31)19(20)15-33-26(28)32)24(34(7,8)27(3,4)5)17-12-16(2)10-11-21(17)29-23;1-7-26(32)18-11-20-21-16(12-28(20)23(30)17(18)13-33-24(26)31)22(34(5,6)25(2,3)4)15-10-14(29)8-9-19(15)27-21;1-4-23(30-13(3)26)17-9-19-20-15(8-14-7-12(2)5-6-18(14)24-20)10-25(19)21(27)16(17)11-29-22(23)28;1-2-20(26)14-7-16-17-11(5-10-6-12(23)3-4-15(10)21-17)8-22(16)18(24)13(14)9-27-19(20)25/h10-13H,9,14-15H2,1-8H3;8-11,29,32H,7,12-13H2,1-6H3;5-9H,4,10-11H2,1-3H3;3-7,23,26H,2,8-9H2,1H3/t28-;26-;23-;20-/m1000/s1. The van der Waals surface area contributed by atoms with E-state index in [9.17, 15) is 63.6 Å². The molecule has 8 aromatic heterocycles. The number of pyridine rings is 8. The fraction of sp³-hybridized carbons (Fsp3) is 0.371. The van der Waals surface area contributed by atoms with E-state index in [1.165, 1.54) is 33.8 Å². The number of nitrogens with zero attached hydrogens (tertiary/aromatic N) is 8. The van der Waals surface area contributed by atoms with E-state index in [0.717, 1.165) is 71.9 Å². The number of carbonyl (C=O) groups excluding carboxylic acids is 5. The quantitative estimate of drug-likeness (QED) is 0.0654. The van der Waals surface area contributed by atoms with Crippen LogP contribution >= 0.6 is 0 Å². The van der Waals surface area contributed by atoms with Crippen molar-refractivity contribution in [2.75, 3.05) is 0 Å². The third kappa shape index (κ3) is 12.9. The second-order valence-electron chi connectivity index (χ2n) is 37.6. The van der Waals surface area contributed by atoms with Crippen LogP contribution in [-0.4, -0.2) is 105 Å². The minimum Gasteiger partial charge on any atom is -0.508 e. The number of rotatable bonds is 7. The van der Waals surface area contributed by atoms with Crippen molar-refractivity contribution in [3.8, 4) is 57.1 Å². The summed E-state index contributed by atoms with van der Waals surface area (Å²) in [6, 6.07) is 33.8. The zero-order valence-electron chi connectivity index (χ0n) is 73.5. The molecule has 0 amide bonds. The first-order valence-electron chi connectivity index (χ1n) is 42.4. The van der Waals surface area contributed by atoms with Crippen molar-refractivity contribution in [2.45, 2.75) is 234 Å². The number of benzene rings is 4. The summed E-state index contributed by atoms with van der Waals surface area (Å²) >= 11 is 0. The van der Waals surface area contributed by atoms with Gasteiger partial charge in [-0.25, -0.2) is 34.3 Å². The summed E-state index contributed by atoms with van der Waals surface area (Å²) in [5.74, 6) is -2.65. The highest BCUT2D eigenvalue weighted by Crippen LogP contribution is 2.49. The van der Waals surface area contributed by atoms with Gasteiger partial charge in [-0.3, -0.25) is 28.8 Å². The van der Waals surface area contributed by atoms with Crippen LogP contribution in [0.5, 0.6) is 11.5 Å². The van der Waals surface area contributed by atoms with Crippen LogP contribution in [0.25, 0.3) is 89.2 Å². The average Bonchev–Trinajstić information content (AvgIpc) is 1.58. The number of fused-ring (bicyclic) bond motifs is 20. The number of phenolic OH excluding ortho intramolecular Hbond substituents is 2. The summed E-state index contributed by atoms with van der Waals surface area (Å²) in [4.78, 5) is 135. The van der Waals surface area contributed by atoms with Crippen molar-refractivity contribution in [3.63, 3.8) is 0 Å². The molecular weight excluding hydrogens is 1620 g/mol. The van der Waals surface area contributed by atoms with Gasteiger partial charge in [-0.1, -0.05) is 119 Å². The van der Waals surface area contributed by atoms with E-state index >= 15 is 0 Å². The molecule has 0 radical (unpaired) electrons. The molecule has 8 aliphatic heterocycles. The molecule has 0 fully saturated rings. The third-order valence-electron chi connectivity index (χ3n) is 28.4. The Morgan fingerprint density at radius 1 is 0.424 bits per heavy atom. The Morgan fingerprint density at radius 2 is 0.784 bits per heavy atom. The summed E-state index contributed by atoms with van der Waals surface area (Å²) in [6.45, 7) is 38.8. The lowest BCUT2D eigenvalue weighted by molar-refractivity contribution is -0.188. The molecule has 0 unspecified atom stereocenters. The Balaban J connectivity index is 0.000000118. The van der Waals surface area contributed by atoms with E-state index in [4.69, 9.17) is 38.6 Å². The number of hydrogen-bond donors (Lipinski definition) is 4. The van der Waals surface area contributed by atoms with Crippen molar-refractivity contribution in [1.29, 1.82) is 0 Å². The maximum atomic E-state index is 13.7. The first kappa shape index (κ1) is 84.8. The van der Waals surface area contributed by atoms with Gasteiger partial charge in [0.2, 0.25) is 5.60 Å². The predicted octanol–water partition coefficient (Wildman–Crippen LogP) is 13.4. The van der Waals surface area contributed by atoms with Crippen LogP contribution < -0.4 is 32.6 Å². The number of aromatic hydroxyl groups is 2. The van der Waals surface area contributed by atoms with Gasteiger partial charge < -0.3 is 62.4 Å². The molecule has 0 spiro atoms. The van der Waals surface area contributed by atoms with E-state index in [2.05, 4.69) is 116 Å². The van der Waals surface area contributed by atoms with Crippen LogP contribution in [0.3, 0.4) is 0 Å². The first-order valence-corrected chi connectivity index (χ1v) is 48.4. The molecule has 4 atom stereocenters. The SMILES string of the molecule is CC[C@@]1(C)C(=O)OCc2c1cc1n(c2=O)Cc2c-1nc1ccc(C)cc1c2[Si](C)(C)C(C)(C)C.CC[C@@]1(O)C(=O)OCc2c1cc1n(c2=O)Cc2c-1nc1ccc(O)cc1c2[Si](C)(C)C(C)(C)C.CC[C@@]1(O)C(=O)OCc2c1cc1n(c2=O)Cc2cc3cc(O)ccc3nc2-1.CC[C@@]1(OC(C)=O)C(=O)OCc2c1cc1n(c2=O)Cc2cc3cc(C)ccc3nc2-1. The molecule has 4 N–H and O–H groups in total. The summed E-state index contributed by atoms with van der Waals surface area (Å²) in [5.41, 5.74) is 11.5. The van der Waals surface area contributed by atoms with Gasteiger partial charge in [-0.15, -0.1) is 0 Å². The number of esters is 5. The Bertz CT molecular complexity index is 6890. The average molecular weight is 1720 g/mol. The normalized spacial score (nSPS) is 19.6. The Kier molecular flexibility index (Phi) is 19.9. The lowest BCUT2D eigenvalue weighted by Gasteiger charge is -2.39. The van der Waals surface area contributed by atoms with Crippen LogP contribution in [0.4, 0.5) is 0 Å². The van der Waals surface area contributed by atoms with Crippen molar-refractivity contribution in [1.82, 2.24) is 38.2 Å². The van der Waals surface area contributed by atoms with Gasteiger partial charge in [-0.05, 0) is 181 Å². The number of aromatic nitrogens is 8. The van der Waals surface area contributed by atoms with Crippen molar-refractivity contribution in [3.05, 3.63) is 228 Å². The summed E-state index contributed by atoms with van der Waals surface area (Å²) < 4.78 is 33.2. The van der Waals surface area contributed by atoms with Crippen molar-refractivity contribution >= 4 is 100.0 Å². The topological polar surface area (TPSA) is 352 Å². The molecule has 16 heterocycles. The van der Waals surface area contributed by atoms with Gasteiger partial charge in [-0.2, -0.15) is 0 Å². The maximum absolute atomic E-state index is 13.7. The van der Waals surface area contributed by atoms with Gasteiger partial charge in [0, 0.05) is 56.3 Å². The highest BCUT2D eigenvalue weighted by atomic mass is 28.3. The minimum absolute atomic E-state index is 0.00219. The van der Waals surface area contributed by atoms with Gasteiger partial charge in [0.15, 0.2) is 11.2 Å². The summed E-state index contributed by atoms with van der Waals surface area (Å²) in [7, 11) is -4.15. The smallest absolute Gasteiger partial charge is 0.355 e. The first-order chi connectivity index (χ1) is 58.9. The van der Waals surface area contributed by atoms with Crippen LogP contribution in [0.1, 0.15) is 187 Å². The molecule has 26 nitrogen and oxygen atoms in total.